The number of rotatable bonds is 3. The number of halogens is 1. The number of alkyl halides is 1. The summed E-state index contributed by atoms with van der Waals surface area (Å²) in [5, 5.41) is 6.20. The minimum Gasteiger partial charge on any atom is -0.465 e. The lowest BCUT2D eigenvalue weighted by molar-refractivity contribution is 0.0606. The van der Waals surface area contributed by atoms with Crippen LogP contribution in [0.5, 0.6) is 0 Å². The molecule has 0 aliphatic heterocycles. The van der Waals surface area contributed by atoms with Gasteiger partial charge in [0.2, 0.25) is 0 Å². The van der Waals surface area contributed by atoms with Crippen molar-refractivity contribution in [3.63, 3.8) is 0 Å². The highest BCUT2D eigenvalue weighted by Gasteiger charge is 2.15. The molecule has 0 aliphatic rings. The van der Waals surface area contributed by atoms with Gasteiger partial charge in [0.1, 0.15) is 4.88 Å². The maximum atomic E-state index is 11.4. The van der Waals surface area contributed by atoms with Gasteiger partial charge in [0.05, 0.1) is 19.0 Å². The first-order valence-corrected chi connectivity index (χ1v) is 7.32. The monoisotopic (exact) mass is 362 g/mol. The zero-order valence-electron chi connectivity index (χ0n) is 9.44. The predicted octanol–water partition coefficient (Wildman–Crippen LogP) is 2.87. The van der Waals surface area contributed by atoms with Crippen LogP contribution >= 0.6 is 33.9 Å². The van der Waals surface area contributed by atoms with Gasteiger partial charge in [0.25, 0.3) is 0 Å². The Kier molecular flexibility index (Phi) is 3.82. The third-order valence-electron chi connectivity index (χ3n) is 2.42. The van der Waals surface area contributed by atoms with Crippen LogP contribution in [0, 0.1) is 0 Å². The summed E-state index contributed by atoms with van der Waals surface area (Å²) in [6.45, 7) is 0. The molecular weight excluding hydrogens is 351 g/mol. The van der Waals surface area contributed by atoms with E-state index in [0.717, 1.165) is 15.7 Å². The van der Waals surface area contributed by atoms with Gasteiger partial charge in [-0.05, 0) is 6.07 Å². The largest absolute Gasteiger partial charge is 0.465 e. The van der Waals surface area contributed by atoms with Crippen molar-refractivity contribution in [2.24, 2.45) is 7.05 Å². The average Bonchev–Trinajstić information content (AvgIpc) is 2.93. The summed E-state index contributed by atoms with van der Waals surface area (Å²) in [6.07, 6.45) is 1.86. The van der Waals surface area contributed by atoms with Crippen molar-refractivity contribution in [1.82, 2.24) is 9.78 Å². The fraction of sp³-hybridized carbons (Fsp3) is 0.273. The molecule has 0 amide bonds. The molecule has 0 atom stereocenters. The zero-order valence-corrected chi connectivity index (χ0v) is 12.4. The van der Waals surface area contributed by atoms with E-state index in [2.05, 4.69) is 27.7 Å². The van der Waals surface area contributed by atoms with Crippen LogP contribution in [0.4, 0.5) is 0 Å². The Balaban J connectivity index is 2.43. The fourth-order valence-corrected chi connectivity index (χ4v) is 2.99. The highest BCUT2D eigenvalue weighted by molar-refractivity contribution is 14.1. The highest BCUT2D eigenvalue weighted by Crippen LogP contribution is 2.29. The van der Waals surface area contributed by atoms with E-state index in [1.807, 2.05) is 29.4 Å². The van der Waals surface area contributed by atoms with Crippen molar-refractivity contribution < 1.29 is 9.53 Å². The van der Waals surface area contributed by atoms with Crippen LogP contribution in [0.3, 0.4) is 0 Å². The van der Waals surface area contributed by atoms with Crippen LogP contribution in [-0.4, -0.2) is 22.9 Å². The smallest absolute Gasteiger partial charge is 0.348 e. The number of methoxy groups -OCH3 is 1. The number of thiophene rings is 1. The lowest BCUT2D eigenvalue weighted by atomic mass is 10.1. The minimum atomic E-state index is -0.292. The molecule has 0 N–H and O–H groups in total. The maximum absolute atomic E-state index is 11.4. The standard InChI is InChI=1S/C11H11IN2O2S/c1-14-10(8(4-12)5-13-14)7-3-9(17-6-7)11(15)16-2/h3,5-6H,4H2,1-2H3. The molecule has 0 unspecified atom stereocenters. The van der Waals surface area contributed by atoms with E-state index in [1.165, 1.54) is 24.0 Å². The number of aromatic nitrogens is 2. The summed E-state index contributed by atoms with van der Waals surface area (Å²) < 4.78 is 7.42. The van der Waals surface area contributed by atoms with E-state index < -0.39 is 0 Å². The van der Waals surface area contributed by atoms with Gasteiger partial charge in [-0.3, -0.25) is 4.68 Å². The second-order valence-electron chi connectivity index (χ2n) is 3.47. The van der Waals surface area contributed by atoms with Gasteiger partial charge in [0.15, 0.2) is 0 Å². The Hall–Kier alpha value is -0.890. The van der Waals surface area contributed by atoms with E-state index >= 15 is 0 Å². The maximum Gasteiger partial charge on any atom is 0.348 e. The normalized spacial score (nSPS) is 10.5. The molecule has 2 aromatic rings. The van der Waals surface area contributed by atoms with Crippen molar-refractivity contribution in [2.75, 3.05) is 7.11 Å². The third-order valence-corrected chi connectivity index (χ3v) is 4.15. The second kappa shape index (κ2) is 5.18. The van der Waals surface area contributed by atoms with Crippen LogP contribution in [0.1, 0.15) is 15.2 Å². The van der Waals surface area contributed by atoms with Gasteiger partial charge >= 0.3 is 5.97 Å². The van der Waals surface area contributed by atoms with E-state index in [1.54, 1.807) is 0 Å². The molecule has 0 radical (unpaired) electrons. The molecule has 90 valence electrons. The van der Waals surface area contributed by atoms with Gasteiger partial charge in [-0.2, -0.15) is 5.10 Å². The van der Waals surface area contributed by atoms with Crippen LogP contribution in [0.25, 0.3) is 11.3 Å². The lowest BCUT2D eigenvalue weighted by Gasteiger charge is -2.01. The summed E-state index contributed by atoms with van der Waals surface area (Å²) >= 11 is 3.70. The number of carbonyl (C=O) groups is 1. The van der Waals surface area contributed by atoms with Crippen molar-refractivity contribution >= 4 is 39.9 Å². The van der Waals surface area contributed by atoms with Gasteiger partial charge in [-0.1, -0.05) is 22.6 Å². The van der Waals surface area contributed by atoms with Crippen LogP contribution in [0.2, 0.25) is 0 Å². The van der Waals surface area contributed by atoms with Crippen molar-refractivity contribution in [3.8, 4) is 11.3 Å². The predicted molar refractivity (Wildman–Crippen MR) is 75.6 cm³/mol. The van der Waals surface area contributed by atoms with E-state index in [-0.39, 0.29) is 5.97 Å². The SMILES string of the molecule is COC(=O)c1cc(-c2c(CI)cnn2C)cs1. The molecule has 0 saturated carbocycles. The summed E-state index contributed by atoms with van der Waals surface area (Å²) in [5.74, 6) is -0.292. The van der Waals surface area contributed by atoms with Crippen molar-refractivity contribution in [3.05, 3.63) is 28.1 Å². The van der Waals surface area contributed by atoms with E-state index in [0.29, 0.717) is 4.88 Å². The summed E-state index contributed by atoms with van der Waals surface area (Å²) in [6, 6.07) is 1.85. The van der Waals surface area contributed by atoms with Crippen molar-refractivity contribution in [1.29, 1.82) is 0 Å². The second-order valence-corrected chi connectivity index (χ2v) is 5.14. The van der Waals surface area contributed by atoms with Crippen molar-refractivity contribution in [2.45, 2.75) is 4.43 Å². The number of hydrogen-bond donors (Lipinski definition) is 0. The number of carbonyl (C=O) groups excluding carboxylic acids is 1. The molecule has 2 heterocycles. The molecule has 0 saturated heterocycles. The first kappa shape index (κ1) is 12.6. The summed E-state index contributed by atoms with van der Waals surface area (Å²) in [4.78, 5) is 12.0. The molecule has 0 fully saturated rings. The first-order valence-electron chi connectivity index (χ1n) is 4.91. The fourth-order valence-electron chi connectivity index (χ4n) is 1.62. The molecule has 2 rings (SSSR count). The van der Waals surface area contributed by atoms with Gasteiger partial charge in [-0.15, -0.1) is 11.3 Å². The first-order chi connectivity index (χ1) is 8.17. The number of hydrogen-bond acceptors (Lipinski definition) is 4. The van der Waals surface area contributed by atoms with E-state index in [4.69, 9.17) is 4.74 Å². The van der Waals surface area contributed by atoms with Gasteiger partial charge in [0, 0.05) is 28.0 Å². The molecule has 0 aliphatic carbocycles. The Bertz CT molecular complexity index is 547. The quantitative estimate of drug-likeness (QED) is 0.479. The average molecular weight is 362 g/mol. The highest BCUT2D eigenvalue weighted by atomic mass is 127. The number of ether oxygens (including phenoxy) is 1. The van der Waals surface area contributed by atoms with Gasteiger partial charge in [-0.25, -0.2) is 4.79 Å². The van der Waals surface area contributed by atoms with Crippen LogP contribution < -0.4 is 0 Å². The molecule has 0 aromatic carbocycles. The number of esters is 1. The Morgan fingerprint density at radius 3 is 3.06 bits per heavy atom. The van der Waals surface area contributed by atoms with E-state index in [9.17, 15) is 4.79 Å². The minimum absolute atomic E-state index is 0.292. The third kappa shape index (κ3) is 2.37. The van der Waals surface area contributed by atoms with Gasteiger partial charge < -0.3 is 4.74 Å². The Morgan fingerprint density at radius 1 is 1.65 bits per heavy atom. The Labute approximate surface area is 117 Å². The molecule has 6 heteroatoms. The van der Waals surface area contributed by atoms with Crippen LogP contribution in [0.15, 0.2) is 17.6 Å². The molecule has 0 spiro atoms. The summed E-state index contributed by atoms with van der Waals surface area (Å²) in [7, 11) is 3.29. The molecule has 17 heavy (non-hydrogen) atoms. The molecule has 2 aromatic heterocycles. The molecule has 0 bridgehead atoms. The van der Waals surface area contributed by atoms with Crippen LogP contribution in [-0.2, 0) is 16.2 Å². The molecule has 4 nitrogen and oxygen atoms in total. The summed E-state index contributed by atoms with van der Waals surface area (Å²) in [5.41, 5.74) is 3.25. The lowest BCUT2D eigenvalue weighted by Crippen LogP contribution is -1.97. The zero-order chi connectivity index (χ0) is 12.4. The molecular formula is C11H11IN2O2S. The number of nitrogens with zero attached hydrogens (tertiary/aromatic N) is 2. The number of aryl methyl sites for hydroxylation is 1. The topological polar surface area (TPSA) is 44.1 Å². The Morgan fingerprint density at radius 2 is 2.41 bits per heavy atom.